The zero-order valence-electron chi connectivity index (χ0n) is 19.3. The van der Waals surface area contributed by atoms with Gasteiger partial charge in [0.25, 0.3) is 5.91 Å². The smallest absolute Gasteiger partial charge is 0.251 e. The van der Waals surface area contributed by atoms with Gasteiger partial charge in [0.2, 0.25) is 0 Å². The lowest BCUT2D eigenvalue weighted by Gasteiger charge is -2.15. The predicted octanol–water partition coefficient (Wildman–Crippen LogP) is 5.60. The molecule has 0 aliphatic rings. The molecule has 5 nitrogen and oxygen atoms in total. The van der Waals surface area contributed by atoms with Crippen LogP contribution in [0.1, 0.15) is 47.9 Å². The number of rotatable bonds is 10. The summed E-state index contributed by atoms with van der Waals surface area (Å²) in [7, 11) is 0. The molecule has 1 amide bonds. The highest BCUT2D eigenvalue weighted by Crippen LogP contribution is 2.26. The van der Waals surface area contributed by atoms with Gasteiger partial charge < -0.3 is 14.6 Å². The molecule has 1 heterocycles. The summed E-state index contributed by atoms with van der Waals surface area (Å²) in [6.07, 6.45) is 1.60. The summed E-state index contributed by atoms with van der Waals surface area (Å²) in [6.45, 7) is 6.26. The lowest BCUT2D eigenvalue weighted by Crippen LogP contribution is -2.25. The average molecular weight is 442 g/mol. The van der Waals surface area contributed by atoms with Gasteiger partial charge in [-0.25, -0.2) is 4.98 Å². The molecule has 0 fully saturated rings. The number of hydrogen-bond acceptors (Lipinski definition) is 3. The minimum atomic E-state index is -0.0404. The molecule has 170 valence electrons. The first kappa shape index (κ1) is 22.6. The number of benzene rings is 3. The number of carbonyl (C=O) groups is 1. The van der Waals surface area contributed by atoms with Gasteiger partial charge in [0.15, 0.2) is 0 Å². The first-order chi connectivity index (χ1) is 16.1. The van der Waals surface area contributed by atoms with Gasteiger partial charge in [-0.05, 0) is 48.2 Å². The van der Waals surface area contributed by atoms with Crippen molar-refractivity contribution < 1.29 is 9.53 Å². The molecule has 1 aromatic heterocycles. The highest BCUT2D eigenvalue weighted by molar-refractivity contribution is 5.94. The summed E-state index contributed by atoms with van der Waals surface area (Å²) in [4.78, 5) is 17.1. The van der Waals surface area contributed by atoms with E-state index in [2.05, 4.69) is 41.9 Å². The van der Waals surface area contributed by atoms with Crippen molar-refractivity contribution in [3.8, 4) is 5.75 Å². The lowest BCUT2D eigenvalue weighted by atomic mass is 10.0. The number of imidazole rings is 1. The zero-order chi connectivity index (χ0) is 23.0. The van der Waals surface area contributed by atoms with Gasteiger partial charge in [-0.15, -0.1) is 0 Å². The number of nitrogens with one attached hydrogen (secondary N) is 1. The van der Waals surface area contributed by atoms with Gasteiger partial charge in [0, 0.05) is 18.5 Å². The third-order valence-electron chi connectivity index (χ3n) is 5.75. The van der Waals surface area contributed by atoms with E-state index >= 15 is 0 Å². The van der Waals surface area contributed by atoms with Crippen LogP contribution in [0.3, 0.4) is 0 Å². The van der Waals surface area contributed by atoms with Crippen molar-refractivity contribution in [2.45, 2.75) is 39.2 Å². The lowest BCUT2D eigenvalue weighted by molar-refractivity contribution is 0.0953. The van der Waals surface area contributed by atoms with E-state index in [0.717, 1.165) is 42.0 Å². The maximum absolute atomic E-state index is 12.3. The Morgan fingerprint density at radius 3 is 2.52 bits per heavy atom. The van der Waals surface area contributed by atoms with Crippen LogP contribution in [-0.2, 0) is 13.0 Å². The number of para-hydroxylation sites is 3. The van der Waals surface area contributed by atoms with Crippen molar-refractivity contribution in [1.82, 2.24) is 14.9 Å². The highest BCUT2D eigenvalue weighted by Gasteiger charge is 2.12. The molecular formula is C28H31N3O2. The van der Waals surface area contributed by atoms with E-state index in [1.807, 2.05) is 60.7 Å². The standard InChI is InChI=1S/C28H31N3O2/c1-21(2)23-13-6-9-16-26(23)33-20-19-31-25-15-8-7-14-24(25)30-27(31)17-10-18-29-28(32)22-11-4-3-5-12-22/h3-9,11-16,21H,10,17-20H2,1-2H3,(H,29,32). The van der Waals surface area contributed by atoms with E-state index < -0.39 is 0 Å². The number of amides is 1. The van der Waals surface area contributed by atoms with E-state index in [-0.39, 0.29) is 5.91 Å². The van der Waals surface area contributed by atoms with Crippen LogP contribution in [0.25, 0.3) is 11.0 Å². The Hall–Kier alpha value is -3.60. The minimum absolute atomic E-state index is 0.0404. The molecule has 3 aromatic carbocycles. The molecule has 0 atom stereocenters. The summed E-state index contributed by atoms with van der Waals surface area (Å²) in [6, 6.07) is 25.7. The van der Waals surface area contributed by atoms with Crippen molar-refractivity contribution in [2.75, 3.05) is 13.2 Å². The Morgan fingerprint density at radius 2 is 1.70 bits per heavy atom. The summed E-state index contributed by atoms with van der Waals surface area (Å²) in [5, 5.41) is 3.00. The number of aryl methyl sites for hydroxylation is 1. The van der Waals surface area contributed by atoms with E-state index in [4.69, 9.17) is 9.72 Å². The maximum Gasteiger partial charge on any atom is 0.251 e. The Kier molecular flexibility index (Phi) is 7.40. The summed E-state index contributed by atoms with van der Waals surface area (Å²) < 4.78 is 8.42. The number of hydrogen-bond donors (Lipinski definition) is 1. The molecule has 33 heavy (non-hydrogen) atoms. The number of carbonyl (C=O) groups excluding carboxylic acids is 1. The quantitative estimate of drug-likeness (QED) is 0.326. The Morgan fingerprint density at radius 1 is 0.970 bits per heavy atom. The summed E-state index contributed by atoms with van der Waals surface area (Å²) in [5.74, 6) is 2.34. The van der Waals surface area contributed by atoms with Crippen LogP contribution >= 0.6 is 0 Å². The number of ether oxygens (including phenoxy) is 1. The Labute approximate surface area is 195 Å². The van der Waals surface area contributed by atoms with Crippen molar-refractivity contribution >= 4 is 16.9 Å². The second-order valence-corrected chi connectivity index (χ2v) is 8.43. The van der Waals surface area contributed by atoms with Crippen LogP contribution < -0.4 is 10.1 Å². The largest absolute Gasteiger partial charge is 0.491 e. The van der Waals surface area contributed by atoms with Crippen LogP contribution in [0.5, 0.6) is 5.75 Å². The molecule has 0 saturated carbocycles. The maximum atomic E-state index is 12.3. The fraction of sp³-hybridized carbons (Fsp3) is 0.286. The summed E-state index contributed by atoms with van der Waals surface area (Å²) >= 11 is 0. The first-order valence-corrected chi connectivity index (χ1v) is 11.6. The van der Waals surface area contributed by atoms with E-state index in [1.165, 1.54) is 5.56 Å². The molecule has 5 heteroatoms. The van der Waals surface area contributed by atoms with E-state index in [0.29, 0.717) is 24.6 Å². The first-order valence-electron chi connectivity index (χ1n) is 11.6. The SMILES string of the molecule is CC(C)c1ccccc1OCCn1c(CCCNC(=O)c2ccccc2)nc2ccccc21. The molecule has 0 unspecified atom stereocenters. The third-order valence-corrected chi connectivity index (χ3v) is 5.75. The third kappa shape index (κ3) is 5.61. The van der Waals surface area contributed by atoms with Gasteiger partial charge >= 0.3 is 0 Å². The molecule has 1 N–H and O–H groups in total. The molecule has 0 bridgehead atoms. The van der Waals surface area contributed by atoms with Gasteiger partial charge in [0.1, 0.15) is 18.2 Å². The van der Waals surface area contributed by atoms with E-state index in [1.54, 1.807) is 0 Å². The number of nitrogens with zero attached hydrogens (tertiary/aromatic N) is 2. The van der Waals surface area contributed by atoms with Crippen molar-refractivity contribution in [3.05, 3.63) is 95.8 Å². The zero-order valence-corrected chi connectivity index (χ0v) is 19.3. The number of fused-ring (bicyclic) bond motifs is 1. The molecule has 4 rings (SSSR count). The fourth-order valence-corrected chi connectivity index (χ4v) is 4.04. The van der Waals surface area contributed by atoms with Crippen LogP contribution in [0.2, 0.25) is 0 Å². The Balaban J connectivity index is 1.39. The monoisotopic (exact) mass is 441 g/mol. The molecule has 0 aliphatic carbocycles. The van der Waals surface area contributed by atoms with Gasteiger partial charge in [-0.1, -0.05) is 62.4 Å². The van der Waals surface area contributed by atoms with Crippen molar-refractivity contribution in [2.24, 2.45) is 0 Å². The average Bonchev–Trinajstić information content (AvgIpc) is 3.20. The molecule has 0 aliphatic heterocycles. The van der Waals surface area contributed by atoms with E-state index in [9.17, 15) is 4.79 Å². The van der Waals surface area contributed by atoms with Gasteiger partial charge in [-0.3, -0.25) is 4.79 Å². The summed E-state index contributed by atoms with van der Waals surface area (Å²) in [5.41, 5.74) is 4.01. The van der Waals surface area contributed by atoms with Crippen LogP contribution in [0.4, 0.5) is 0 Å². The second kappa shape index (κ2) is 10.8. The molecule has 0 spiro atoms. The van der Waals surface area contributed by atoms with Gasteiger partial charge in [0.05, 0.1) is 17.6 Å². The van der Waals surface area contributed by atoms with Crippen molar-refractivity contribution in [1.29, 1.82) is 0 Å². The predicted molar refractivity (Wildman–Crippen MR) is 133 cm³/mol. The van der Waals surface area contributed by atoms with Crippen molar-refractivity contribution in [3.63, 3.8) is 0 Å². The molecular weight excluding hydrogens is 410 g/mol. The topological polar surface area (TPSA) is 56.1 Å². The highest BCUT2D eigenvalue weighted by atomic mass is 16.5. The van der Waals surface area contributed by atoms with Gasteiger partial charge in [-0.2, -0.15) is 0 Å². The molecule has 0 radical (unpaired) electrons. The molecule has 0 saturated heterocycles. The van der Waals surface area contributed by atoms with Crippen LogP contribution in [0, 0.1) is 0 Å². The number of aromatic nitrogens is 2. The fourth-order valence-electron chi connectivity index (χ4n) is 4.04. The molecule has 4 aromatic rings. The van der Waals surface area contributed by atoms with Crippen LogP contribution in [0.15, 0.2) is 78.9 Å². The second-order valence-electron chi connectivity index (χ2n) is 8.43. The normalized spacial score (nSPS) is 11.1. The van der Waals surface area contributed by atoms with Crippen LogP contribution in [-0.4, -0.2) is 28.6 Å². The Bertz CT molecular complexity index is 1200. The minimum Gasteiger partial charge on any atom is -0.491 e.